The van der Waals surface area contributed by atoms with Crippen molar-refractivity contribution in [3.8, 4) is 0 Å². The van der Waals surface area contributed by atoms with Crippen LogP contribution in [0.25, 0.3) is 0 Å². The third-order valence-electron chi connectivity index (χ3n) is 2.89. The molecule has 0 aliphatic carbocycles. The first-order chi connectivity index (χ1) is 8.63. The van der Waals surface area contributed by atoms with Crippen molar-refractivity contribution < 1.29 is 0 Å². The second kappa shape index (κ2) is 7.75. The molecule has 0 amide bonds. The monoisotopic (exact) mass is 247 g/mol. The van der Waals surface area contributed by atoms with Gasteiger partial charge in [0.05, 0.1) is 6.04 Å². The van der Waals surface area contributed by atoms with Gasteiger partial charge in [-0.05, 0) is 24.8 Å². The maximum Gasteiger partial charge on any atom is 0.191 e. The molecule has 0 aromatic heterocycles. The molecule has 1 rings (SSSR count). The third kappa shape index (κ3) is 5.21. The van der Waals surface area contributed by atoms with E-state index in [4.69, 9.17) is 0 Å². The highest BCUT2D eigenvalue weighted by molar-refractivity contribution is 5.80. The summed E-state index contributed by atoms with van der Waals surface area (Å²) in [6.07, 6.45) is 1.15. The maximum absolute atomic E-state index is 4.24. The first-order valence-electron chi connectivity index (χ1n) is 6.65. The molecule has 3 nitrogen and oxygen atoms in total. The lowest BCUT2D eigenvalue weighted by molar-refractivity contribution is 0.569. The van der Waals surface area contributed by atoms with Crippen molar-refractivity contribution >= 4 is 5.96 Å². The van der Waals surface area contributed by atoms with Crippen LogP contribution in [0.4, 0.5) is 0 Å². The van der Waals surface area contributed by atoms with E-state index in [0.717, 1.165) is 18.9 Å². The predicted molar refractivity (Wildman–Crippen MR) is 78.8 cm³/mol. The lowest BCUT2D eigenvalue weighted by Crippen LogP contribution is -2.39. The average Bonchev–Trinajstić information content (AvgIpc) is 2.38. The number of guanidine groups is 1. The van der Waals surface area contributed by atoms with Crippen LogP contribution in [-0.2, 0) is 0 Å². The molecule has 0 bridgehead atoms. The van der Waals surface area contributed by atoms with E-state index in [1.807, 2.05) is 13.1 Å². The van der Waals surface area contributed by atoms with Crippen molar-refractivity contribution in [1.82, 2.24) is 10.6 Å². The predicted octanol–water partition coefficient (Wildman–Crippen LogP) is 2.96. The van der Waals surface area contributed by atoms with Gasteiger partial charge in [-0.3, -0.25) is 4.99 Å². The smallest absolute Gasteiger partial charge is 0.191 e. The lowest BCUT2D eigenvalue weighted by Gasteiger charge is -2.18. The molecule has 0 aliphatic heterocycles. The summed E-state index contributed by atoms with van der Waals surface area (Å²) in [5.41, 5.74) is 1.27. The summed E-state index contributed by atoms with van der Waals surface area (Å²) in [5.74, 6) is 1.58. The molecule has 2 N–H and O–H groups in total. The molecular weight excluding hydrogens is 222 g/mol. The van der Waals surface area contributed by atoms with E-state index in [1.54, 1.807) is 0 Å². The largest absolute Gasteiger partial charge is 0.356 e. The summed E-state index contributed by atoms with van der Waals surface area (Å²) >= 11 is 0. The molecule has 0 spiro atoms. The molecule has 1 atom stereocenters. The molecule has 0 fully saturated rings. The van der Waals surface area contributed by atoms with Crippen molar-refractivity contribution in [2.75, 3.05) is 13.6 Å². The summed E-state index contributed by atoms with van der Waals surface area (Å²) < 4.78 is 0. The molecule has 0 heterocycles. The summed E-state index contributed by atoms with van der Waals surface area (Å²) in [6.45, 7) is 7.55. The molecular formula is C15H25N3. The van der Waals surface area contributed by atoms with E-state index >= 15 is 0 Å². The Kier molecular flexibility index (Phi) is 6.26. The molecule has 0 saturated heterocycles. The van der Waals surface area contributed by atoms with E-state index in [9.17, 15) is 0 Å². The average molecular weight is 247 g/mol. The van der Waals surface area contributed by atoms with Crippen LogP contribution in [0.5, 0.6) is 0 Å². The first-order valence-corrected chi connectivity index (χ1v) is 6.65. The number of hydrogen-bond donors (Lipinski definition) is 2. The van der Waals surface area contributed by atoms with Crippen molar-refractivity contribution in [2.24, 2.45) is 10.9 Å². The lowest BCUT2D eigenvalue weighted by atomic mass is 10.1. The zero-order chi connectivity index (χ0) is 13.4. The van der Waals surface area contributed by atoms with E-state index in [-0.39, 0.29) is 6.04 Å². The van der Waals surface area contributed by atoms with Gasteiger partial charge in [-0.2, -0.15) is 0 Å². The fourth-order valence-corrected chi connectivity index (χ4v) is 1.70. The third-order valence-corrected chi connectivity index (χ3v) is 2.89. The van der Waals surface area contributed by atoms with Gasteiger partial charge >= 0.3 is 0 Å². The Balaban J connectivity index is 2.44. The highest BCUT2D eigenvalue weighted by atomic mass is 15.2. The summed E-state index contributed by atoms with van der Waals surface area (Å²) in [6, 6.07) is 10.7. The van der Waals surface area contributed by atoms with E-state index in [1.165, 1.54) is 5.56 Å². The number of hydrogen-bond acceptors (Lipinski definition) is 1. The van der Waals surface area contributed by atoms with E-state index < -0.39 is 0 Å². The molecule has 1 aromatic carbocycles. The fourth-order valence-electron chi connectivity index (χ4n) is 1.70. The quantitative estimate of drug-likeness (QED) is 0.620. The number of rotatable bonds is 5. The highest BCUT2D eigenvalue weighted by Crippen LogP contribution is 2.10. The van der Waals surface area contributed by atoms with Gasteiger partial charge in [0, 0.05) is 13.6 Å². The Morgan fingerprint density at radius 2 is 1.83 bits per heavy atom. The molecule has 1 unspecified atom stereocenters. The van der Waals surface area contributed by atoms with Crippen LogP contribution in [0.15, 0.2) is 35.3 Å². The molecule has 1 aromatic rings. The summed E-state index contributed by atoms with van der Waals surface area (Å²) in [5, 5.41) is 6.74. The Bertz CT molecular complexity index is 357. The minimum atomic E-state index is 0.261. The number of aliphatic imine (C=N–C) groups is 1. The van der Waals surface area contributed by atoms with Gasteiger partial charge in [-0.15, -0.1) is 0 Å². The molecule has 18 heavy (non-hydrogen) atoms. The Morgan fingerprint density at radius 3 is 2.39 bits per heavy atom. The van der Waals surface area contributed by atoms with Gasteiger partial charge in [0.25, 0.3) is 0 Å². The van der Waals surface area contributed by atoms with Crippen LogP contribution in [0.1, 0.15) is 38.8 Å². The molecule has 0 radical (unpaired) electrons. The standard InChI is InChI=1S/C15H25N3/c1-12(2)10-11-17-15(16-4)18-13(3)14-8-6-5-7-9-14/h5-9,12-13H,10-11H2,1-4H3,(H2,16,17,18). The van der Waals surface area contributed by atoms with Gasteiger partial charge < -0.3 is 10.6 Å². The number of nitrogens with zero attached hydrogens (tertiary/aromatic N) is 1. The zero-order valence-corrected chi connectivity index (χ0v) is 11.9. The van der Waals surface area contributed by atoms with Gasteiger partial charge in [0.1, 0.15) is 0 Å². The van der Waals surface area contributed by atoms with Crippen LogP contribution in [-0.4, -0.2) is 19.6 Å². The number of nitrogens with one attached hydrogen (secondary N) is 2. The molecule has 3 heteroatoms. The van der Waals surface area contributed by atoms with Gasteiger partial charge in [0.2, 0.25) is 0 Å². The maximum atomic E-state index is 4.24. The molecule has 0 aliphatic rings. The SMILES string of the molecule is CN=C(NCCC(C)C)NC(C)c1ccccc1. The summed E-state index contributed by atoms with van der Waals surface area (Å²) in [4.78, 5) is 4.24. The molecule has 100 valence electrons. The highest BCUT2D eigenvalue weighted by Gasteiger charge is 2.06. The molecule has 0 saturated carbocycles. The zero-order valence-electron chi connectivity index (χ0n) is 11.9. The van der Waals surface area contributed by atoms with Crippen molar-refractivity contribution in [1.29, 1.82) is 0 Å². The first kappa shape index (κ1) is 14.6. The van der Waals surface area contributed by atoms with Crippen molar-refractivity contribution in [2.45, 2.75) is 33.2 Å². The van der Waals surface area contributed by atoms with Crippen LogP contribution in [0.3, 0.4) is 0 Å². The second-order valence-electron chi connectivity index (χ2n) is 4.96. The minimum absolute atomic E-state index is 0.261. The van der Waals surface area contributed by atoms with E-state index in [2.05, 4.69) is 60.7 Å². The topological polar surface area (TPSA) is 36.4 Å². The second-order valence-corrected chi connectivity index (χ2v) is 4.96. The Labute approximate surface area is 111 Å². The Morgan fingerprint density at radius 1 is 1.17 bits per heavy atom. The van der Waals surface area contributed by atoms with Gasteiger partial charge in [-0.25, -0.2) is 0 Å². The van der Waals surface area contributed by atoms with Crippen molar-refractivity contribution in [3.05, 3.63) is 35.9 Å². The fraction of sp³-hybridized carbons (Fsp3) is 0.533. The minimum Gasteiger partial charge on any atom is -0.356 e. The van der Waals surface area contributed by atoms with Crippen LogP contribution in [0.2, 0.25) is 0 Å². The van der Waals surface area contributed by atoms with Gasteiger partial charge in [0.15, 0.2) is 5.96 Å². The van der Waals surface area contributed by atoms with Crippen molar-refractivity contribution in [3.63, 3.8) is 0 Å². The number of benzene rings is 1. The Hall–Kier alpha value is -1.51. The normalized spacial score (nSPS) is 13.5. The van der Waals surface area contributed by atoms with E-state index in [0.29, 0.717) is 5.92 Å². The van der Waals surface area contributed by atoms with Crippen LogP contribution in [0, 0.1) is 5.92 Å². The summed E-state index contributed by atoms with van der Waals surface area (Å²) in [7, 11) is 1.81. The van der Waals surface area contributed by atoms with Gasteiger partial charge in [-0.1, -0.05) is 44.2 Å². The van der Waals surface area contributed by atoms with Crippen LogP contribution >= 0.6 is 0 Å². The van der Waals surface area contributed by atoms with Crippen LogP contribution < -0.4 is 10.6 Å².